The van der Waals surface area contributed by atoms with E-state index in [0.717, 1.165) is 18.0 Å². The summed E-state index contributed by atoms with van der Waals surface area (Å²) in [6.07, 6.45) is 2.35. The van der Waals surface area contributed by atoms with Crippen molar-refractivity contribution in [2.45, 2.75) is 52.6 Å². The number of hydrogen-bond acceptors (Lipinski definition) is 2. The minimum absolute atomic E-state index is 0.586. The standard InChI is InChI=1S/C11H14ClN.C11H15N/c1-8(2)13-6-5-9-7-10(12)3-4-11(9)13;1-9(2)12-8-7-10-5-3-4-6-11(10)12/h3-4,7-8H,5-6H2,1-2H3;3-6,9H,7-8H2,1-2H3. The Bertz CT molecular complexity index is 724. The summed E-state index contributed by atoms with van der Waals surface area (Å²) in [6.45, 7) is 11.3. The van der Waals surface area contributed by atoms with E-state index < -0.39 is 0 Å². The summed E-state index contributed by atoms with van der Waals surface area (Å²) in [4.78, 5) is 4.89. The van der Waals surface area contributed by atoms with Gasteiger partial charge in [0.2, 0.25) is 0 Å². The lowest BCUT2D eigenvalue weighted by Gasteiger charge is -2.23. The molecule has 0 radical (unpaired) electrons. The molecule has 0 amide bonds. The number of hydrogen-bond donors (Lipinski definition) is 0. The van der Waals surface area contributed by atoms with Crippen LogP contribution in [0.15, 0.2) is 42.5 Å². The molecule has 0 fully saturated rings. The summed E-state index contributed by atoms with van der Waals surface area (Å²) in [7, 11) is 0. The Balaban J connectivity index is 0.000000146. The van der Waals surface area contributed by atoms with Crippen molar-refractivity contribution in [1.82, 2.24) is 0 Å². The molecule has 0 aliphatic carbocycles. The molecular weight excluding hydrogens is 328 g/mol. The fourth-order valence-corrected chi connectivity index (χ4v) is 4.03. The number of halogens is 1. The maximum absolute atomic E-state index is 5.93. The molecule has 0 atom stereocenters. The van der Waals surface area contributed by atoms with Gasteiger partial charge in [0.05, 0.1) is 0 Å². The minimum Gasteiger partial charge on any atom is -0.369 e. The van der Waals surface area contributed by atoms with Gasteiger partial charge >= 0.3 is 0 Å². The van der Waals surface area contributed by atoms with Crippen molar-refractivity contribution in [2.24, 2.45) is 0 Å². The fraction of sp³-hybridized carbons (Fsp3) is 0.455. The van der Waals surface area contributed by atoms with Crippen LogP contribution in [0.2, 0.25) is 5.02 Å². The topological polar surface area (TPSA) is 6.48 Å². The molecule has 2 aromatic rings. The lowest BCUT2D eigenvalue weighted by Crippen LogP contribution is -2.28. The predicted octanol–water partition coefficient (Wildman–Crippen LogP) is 5.57. The van der Waals surface area contributed by atoms with Gasteiger partial charge in [0.15, 0.2) is 0 Å². The van der Waals surface area contributed by atoms with Gasteiger partial charge < -0.3 is 9.80 Å². The SMILES string of the molecule is CC(C)N1CCc2cc(Cl)ccc21.CC(C)N1CCc2ccccc21. The van der Waals surface area contributed by atoms with Crippen molar-refractivity contribution >= 4 is 23.0 Å². The number of nitrogens with zero attached hydrogens (tertiary/aromatic N) is 2. The molecule has 0 aromatic heterocycles. The van der Waals surface area contributed by atoms with Crippen LogP contribution in [-0.4, -0.2) is 25.2 Å². The number of para-hydroxylation sites is 1. The van der Waals surface area contributed by atoms with Crippen LogP contribution < -0.4 is 9.80 Å². The number of benzene rings is 2. The van der Waals surface area contributed by atoms with Crippen molar-refractivity contribution in [3.05, 3.63) is 58.6 Å². The Morgan fingerprint density at radius 3 is 1.96 bits per heavy atom. The molecule has 2 aliphatic rings. The molecule has 134 valence electrons. The molecule has 4 rings (SSSR count). The summed E-state index contributed by atoms with van der Waals surface area (Å²) in [6, 6.07) is 16.1. The first kappa shape index (κ1) is 18.1. The fourth-order valence-electron chi connectivity index (χ4n) is 3.83. The molecule has 2 heterocycles. The van der Waals surface area contributed by atoms with Crippen LogP contribution in [0.1, 0.15) is 38.8 Å². The van der Waals surface area contributed by atoms with Crippen LogP contribution in [0, 0.1) is 0 Å². The number of anilines is 2. The Hall–Kier alpha value is -1.67. The second-order valence-corrected chi connectivity index (χ2v) is 7.91. The highest BCUT2D eigenvalue weighted by atomic mass is 35.5. The summed E-state index contributed by atoms with van der Waals surface area (Å²) in [5, 5.41) is 0.851. The van der Waals surface area contributed by atoms with Gasteiger partial charge in [-0.3, -0.25) is 0 Å². The second kappa shape index (κ2) is 7.70. The Labute approximate surface area is 157 Å². The summed E-state index contributed by atoms with van der Waals surface area (Å²) >= 11 is 5.93. The highest BCUT2D eigenvalue weighted by molar-refractivity contribution is 6.30. The van der Waals surface area contributed by atoms with Crippen LogP contribution in [0.3, 0.4) is 0 Å². The highest BCUT2D eigenvalue weighted by Crippen LogP contribution is 2.31. The van der Waals surface area contributed by atoms with E-state index in [0.29, 0.717) is 12.1 Å². The summed E-state index contributed by atoms with van der Waals surface area (Å²) in [5.74, 6) is 0. The van der Waals surface area contributed by atoms with Crippen LogP contribution in [-0.2, 0) is 12.8 Å². The zero-order valence-electron chi connectivity index (χ0n) is 15.8. The lowest BCUT2D eigenvalue weighted by atomic mass is 10.2. The van der Waals surface area contributed by atoms with E-state index in [-0.39, 0.29) is 0 Å². The molecule has 2 aliphatic heterocycles. The van der Waals surface area contributed by atoms with Gasteiger partial charge in [0.25, 0.3) is 0 Å². The van der Waals surface area contributed by atoms with Crippen LogP contribution in [0.4, 0.5) is 11.4 Å². The summed E-state index contributed by atoms with van der Waals surface area (Å²) < 4.78 is 0. The molecule has 0 saturated carbocycles. The van der Waals surface area contributed by atoms with Gasteiger partial charge in [-0.25, -0.2) is 0 Å². The minimum atomic E-state index is 0.586. The van der Waals surface area contributed by atoms with E-state index in [1.54, 1.807) is 0 Å². The molecule has 25 heavy (non-hydrogen) atoms. The highest BCUT2D eigenvalue weighted by Gasteiger charge is 2.21. The third-order valence-electron chi connectivity index (χ3n) is 5.14. The first-order chi connectivity index (χ1) is 12.0. The Kier molecular flexibility index (Phi) is 5.58. The molecule has 3 heteroatoms. The predicted molar refractivity (Wildman–Crippen MR) is 110 cm³/mol. The second-order valence-electron chi connectivity index (χ2n) is 7.48. The molecule has 0 bridgehead atoms. The van der Waals surface area contributed by atoms with Crippen molar-refractivity contribution < 1.29 is 0 Å². The molecular formula is C22H29ClN2. The molecule has 0 unspecified atom stereocenters. The van der Waals surface area contributed by atoms with E-state index in [1.165, 1.54) is 35.5 Å². The Morgan fingerprint density at radius 1 is 0.760 bits per heavy atom. The van der Waals surface area contributed by atoms with Crippen LogP contribution in [0.5, 0.6) is 0 Å². The monoisotopic (exact) mass is 356 g/mol. The quantitative estimate of drug-likeness (QED) is 0.694. The van der Waals surface area contributed by atoms with E-state index in [2.05, 4.69) is 73.9 Å². The zero-order chi connectivity index (χ0) is 18.0. The average Bonchev–Trinajstić information content (AvgIpc) is 3.18. The maximum atomic E-state index is 5.93. The molecule has 2 aromatic carbocycles. The van der Waals surface area contributed by atoms with E-state index >= 15 is 0 Å². The van der Waals surface area contributed by atoms with Crippen molar-refractivity contribution in [2.75, 3.05) is 22.9 Å². The van der Waals surface area contributed by atoms with E-state index in [9.17, 15) is 0 Å². The number of fused-ring (bicyclic) bond motifs is 2. The third-order valence-corrected chi connectivity index (χ3v) is 5.38. The van der Waals surface area contributed by atoms with Gasteiger partial charge in [0.1, 0.15) is 0 Å². The molecule has 0 saturated heterocycles. The lowest BCUT2D eigenvalue weighted by molar-refractivity contribution is 0.710. The number of rotatable bonds is 2. The third kappa shape index (κ3) is 3.95. The van der Waals surface area contributed by atoms with Gasteiger partial charge in [-0.1, -0.05) is 29.8 Å². The van der Waals surface area contributed by atoms with Crippen molar-refractivity contribution in [3.8, 4) is 0 Å². The molecule has 0 N–H and O–H groups in total. The molecule has 2 nitrogen and oxygen atoms in total. The molecule has 0 spiro atoms. The maximum Gasteiger partial charge on any atom is 0.0410 e. The van der Waals surface area contributed by atoms with Gasteiger partial charge in [-0.2, -0.15) is 0 Å². The van der Waals surface area contributed by atoms with Crippen molar-refractivity contribution in [3.63, 3.8) is 0 Å². The largest absolute Gasteiger partial charge is 0.369 e. The van der Waals surface area contributed by atoms with Crippen molar-refractivity contribution in [1.29, 1.82) is 0 Å². The summed E-state index contributed by atoms with van der Waals surface area (Å²) in [5.41, 5.74) is 5.69. The zero-order valence-corrected chi connectivity index (χ0v) is 16.6. The van der Waals surface area contributed by atoms with Crippen LogP contribution >= 0.6 is 11.6 Å². The van der Waals surface area contributed by atoms with Gasteiger partial charge in [-0.05, 0) is 75.9 Å². The average molecular weight is 357 g/mol. The van der Waals surface area contributed by atoms with E-state index in [1.807, 2.05) is 6.07 Å². The van der Waals surface area contributed by atoms with Gasteiger partial charge in [0, 0.05) is 41.6 Å². The first-order valence-electron chi connectivity index (χ1n) is 9.37. The smallest absolute Gasteiger partial charge is 0.0410 e. The first-order valence-corrected chi connectivity index (χ1v) is 9.74. The van der Waals surface area contributed by atoms with Gasteiger partial charge in [-0.15, -0.1) is 0 Å². The normalized spacial score (nSPS) is 15.3. The van der Waals surface area contributed by atoms with Crippen LogP contribution in [0.25, 0.3) is 0 Å². The Morgan fingerprint density at radius 2 is 1.32 bits per heavy atom. The van der Waals surface area contributed by atoms with E-state index in [4.69, 9.17) is 11.6 Å².